The predicted molar refractivity (Wildman–Crippen MR) is 109 cm³/mol. The Balaban J connectivity index is 1.48. The molecule has 1 fully saturated rings. The molecular weight excluding hydrogens is 386 g/mol. The van der Waals surface area contributed by atoms with E-state index in [4.69, 9.17) is 4.74 Å². The summed E-state index contributed by atoms with van der Waals surface area (Å²) in [5.74, 6) is -0.763. The molecule has 2 atom stereocenters. The van der Waals surface area contributed by atoms with E-state index in [1.807, 2.05) is 19.1 Å². The molecule has 0 radical (unpaired) electrons. The van der Waals surface area contributed by atoms with Crippen LogP contribution in [0.3, 0.4) is 0 Å². The third-order valence-corrected chi connectivity index (χ3v) is 5.15. The Morgan fingerprint density at radius 2 is 1.83 bits per heavy atom. The zero-order valence-electron chi connectivity index (χ0n) is 16.6. The highest BCUT2D eigenvalue weighted by Crippen LogP contribution is 2.32. The van der Waals surface area contributed by atoms with Gasteiger partial charge in [0.1, 0.15) is 12.3 Å². The average Bonchev–Trinajstić information content (AvgIpc) is 3.28. The van der Waals surface area contributed by atoms with Gasteiger partial charge >= 0.3 is 0 Å². The maximum Gasteiger partial charge on any atom is 0.263 e. The van der Waals surface area contributed by atoms with Gasteiger partial charge in [-0.2, -0.15) is 5.11 Å². The molecule has 1 N–H and O–H groups in total. The number of ether oxygens (including phenoxy) is 1. The first-order valence-corrected chi connectivity index (χ1v) is 9.60. The van der Waals surface area contributed by atoms with Crippen LogP contribution in [-0.4, -0.2) is 48.5 Å². The molecular formula is C21H21N5O4. The summed E-state index contributed by atoms with van der Waals surface area (Å²) in [6, 6.07) is 12.4. The fraction of sp³-hybridized carbons (Fsp3) is 0.286. The van der Waals surface area contributed by atoms with Gasteiger partial charge in [0.15, 0.2) is 12.1 Å². The minimum Gasteiger partial charge on any atom is -0.495 e. The van der Waals surface area contributed by atoms with Crippen molar-refractivity contribution in [2.24, 2.45) is 10.3 Å². The Morgan fingerprint density at radius 3 is 2.53 bits per heavy atom. The number of carbonyl (C=O) groups excluding carboxylic acids is 3. The number of hydrogen-bond donors (Lipinski definition) is 1. The number of para-hydroxylation sites is 2. The van der Waals surface area contributed by atoms with Crippen LogP contribution in [-0.2, 0) is 20.8 Å². The Hall–Kier alpha value is -3.75. The highest BCUT2D eigenvalue weighted by molar-refractivity contribution is 6.25. The predicted octanol–water partition coefficient (Wildman–Crippen LogP) is 2.19. The maximum atomic E-state index is 13.0. The van der Waals surface area contributed by atoms with Gasteiger partial charge in [-0.25, -0.2) is 4.90 Å². The quantitative estimate of drug-likeness (QED) is 0.740. The summed E-state index contributed by atoms with van der Waals surface area (Å²) in [6.45, 7) is 1.81. The van der Waals surface area contributed by atoms with E-state index in [-0.39, 0.29) is 6.54 Å². The Labute approximate surface area is 173 Å². The van der Waals surface area contributed by atoms with Crippen LogP contribution in [0.4, 0.5) is 11.4 Å². The van der Waals surface area contributed by atoms with E-state index in [1.165, 1.54) is 12.1 Å². The maximum absolute atomic E-state index is 13.0. The minimum atomic E-state index is -0.942. The fourth-order valence-electron chi connectivity index (χ4n) is 3.57. The number of benzene rings is 2. The van der Waals surface area contributed by atoms with Crippen molar-refractivity contribution < 1.29 is 19.1 Å². The van der Waals surface area contributed by atoms with Crippen molar-refractivity contribution in [1.82, 2.24) is 5.01 Å². The van der Waals surface area contributed by atoms with Crippen LogP contribution in [0.2, 0.25) is 0 Å². The molecule has 2 aromatic rings. The molecule has 30 heavy (non-hydrogen) atoms. The summed E-state index contributed by atoms with van der Waals surface area (Å²) < 4.78 is 5.22. The Bertz CT molecular complexity index is 1020. The number of aryl methyl sites for hydroxylation is 1. The topological polar surface area (TPSA) is 104 Å². The van der Waals surface area contributed by atoms with Crippen molar-refractivity contribution in [3.05, 3.63) is 54.1 Å². The normalized spacial score (nSPS) is 19.9. The molecule has 2 aliphatic rings. The molecule has 2 aromatic carbocycles. The van der Waals surface area contributed by atoms with Crippen LogP contribution in [0.1, 0.15) is 12.5 Å². The largest absolute Gasteiger partial charge is 0.495 e. The standard InChI is InChI=1S/C21H21N5O4/c1-3-13-8-10-14(11-9-13)26-20(28)18-19(21(26)29)25(24-23-18)12-17(27)22-15-6-4-5-7-16(15)30-2/h4-11,18-19H,3,12H2,1-2H3,(H,22,27). The summed E-state index contributed by atoms with van der Waals surface area (Å²) in [4.78, 5) is 39.4. The van der Waals surface area contributed by atoms with Crippen LogP contribution in [0.15, 0.2) is 58.9 Å². The van der Waals surface area contributed by atoms with Crippen molar-refractivity contribution in [3.63, 3.8) is 0 Å². The number of imide groups is 1. The number of amides is 3. The first-order valence-electron chi connectivity index (χ1n) is 9.60. The zero-order valence-corrected chi connectivity index (χ0v) is 16.6. The second kappa shape index (κ2) is 7.94. The fourth-order valence-corrected chi connectivity index (χ4v) is 3.57. The van der Waals surface area contributed by atoms with Crippen LogP contribution in [0.5, 0.6) is 5.75 Å². The molecule has 3 amide bonds. The van der Waals surface area contributed by atoms with Gasteiger partial charge in [-0.1, -0.05) is 36.4 Å². The molecule has 0 spiro atoms. The van der Waals surface area contributed by atoms with Gasteiger partial charge in [-0.3, -0.25) is 19.4 Å². The van der Waals surface area contributed by atoms with Gasteiger partial charge in [0.25, 0.3) is 11.8 Å². The van der Waals surface area contributed by atoms with E-state index in [9.17, 15) is 14.4 Å². The zero-order chi connectivity index (χ0) is 21.3. The van der Waals surface area contributed by atoms with E-state index in [0.717, 1.165) is 16.9 Å². The summed E-state index contributed by atoms with van der Waals surface area (Å²) >= 11 is 0. The second-order valence-electron chi connectivity index (χ2n) is 6.97. The molecule has 0 bridgehead atoms. The van der Waals surface area contributed by atoms with E-state index in [0.29, 0.717) is 17.1 Å². The number of carbonyl (C=O) groups is 3. The van der Waals surface area contributed by atoms with E-state index in [1.54, 1.807) is 36.4 Å². The monoisotopic (exact) mass is 407 g/mol. The number of rotatable bonds is 6. The second-order valence-corrected chi connectivity index (χ2v) is 6.97. The molecule has 1 saturated heterocycles. The molecule has 0 saturated carbocycles. The lowest BCUT2D eigenvalue weighted by molar-refractivity contribution is -0.123. The number of methoxy groups -OCH3 is 1. The van der Waals surface area contributed by atoms with Crippen LogP contribution in [0.25, 0.3) is 0 Å². The van der Waals surface area contributed by atoms with Crippen molar-refractivity contribution in [1.29, 1.82) is 0 Å². The minimum absolute atomic E-state index is 0.218. The lowest BCUT2D eigenvalue weighted by atomic mass is 10.1. The van der Waals surface area contributed by atoms with Gasteiger partial charge in [-0.05, 0) is 36.2 Å². The van der Waals surface area contributed by atoms with Crippen LogP contribution < -0.4 is 15.0 Å². The molecule has 2 heterocycles. The van der Waals surface area contributed by atoms with Gasteiger partial charge in [0.05, 0.1) is 18.5 Å². The lowest BCUT2D eigenvalue weighted by Crippen LogP contribution is -2.43. The third-order valence-electron chi connectivity index (χ3n) is 5.15. The lowest BCUT2D eigenvalue weighted by Gasteiger charge is -2.20. The first-order chi connectivity index (χ1) is 14.5. The van der Waals surface area contributed by atoms with Crippen molar-refractivity contribution in [3.8, 4) is 5.75 Å². The highest BCUT2D eigenvalue weighted by Gasteiger charge is 2.55. The van der Waals surface area contributed by atoms with Crippen molar-refractivity contribution in [2.75, 3.05) is 23.9 Å². The van der Waals surface area contributed by atoms with Gasteiger partial charge < -0.3 is 10.1 Å². The number of nitrogens with one attached hydrogen (secondary N) is 1. The summed E-state index contributed by atoms with van der Waals surface area (Å²) in [5.41, 5.74) is 2.10. The van der Waals surface area contributed by atoms with E-state index >= 15 is 0 Å². The SMILES string of the molecule is CCc1ccc(N2C(=O)C3N=NN(CC(=O)Nc4ccccc4OC)C3C2=O)cc1. The highest BCUT2D eigenvalue weighted by atomic mass is 16.5. The number of nitrogens with zero attached hydrogens (tertiary/aromatic N) is 4. The molecule has 4 rings (SSSR count). The summed E-state index contributed by atoms with van der Waals surface area (Å²) in [5, 5.41) is 11.8. The molecule has 2 aliphatic heterocycles. The molecule has 9 nitrogen and oxygen atoms in total. The molecule has 0 aromatic heterocycles. The number of hydrogen-bond acceptors (Lipinski definition) is 7. The average molecular weight is 407 g/mol. The van der Waals surface area contributed by atoms with E-state index in [2.05, 4.69) is 15.7 Å². The smallest absolute Gasteiger partial charge is 0.263 e. The number of fused-ring (bicyclic) bond motifs is 1. The molecule has 9 heteroatoms. The Morgan fingerprint density at radius 1 is 1.10 bits per heavy atom. The first kappa shape index (κ1) is 19.6. The summed E-state index contributed by atoms with van der Waals surface area (Å²) in [6.07, 6.45) is 0.858. The molecule has 0 aliphatic carbocycles. The van der Waals surface area contributed by atoms with Gasteiger partial charge in [0.2, 0.25) is 5.91 Å². The van der Waals surface area contributed by atoms with E-state index < -0.39 is 29.8 Å². The van der Waals surface area contributed by atoms with Gasteiger partial charge in [0, 0.05) is 0 Å². The van der Waals surface area contributed by atoms with Gasteiger partial charge in [-0.15, -0.1) is 0 Å². The number of anilines is 2. The molecule has 2 unspecified atom stereocenters. The van der Waals surface area contributed by atoms with Crippen LogP contribution >= 0.6 is 0 Å². The van der Waals surface area contributed by atoms with Crippen molar-refractivity contribution in [2.45, 2.75) is 25.4 Å². The Kier molecular flexibility index (Phi) is 5.18. The van der Waals surface area contributed by atoms with Crippen molar-refractivity contribution >= 4 is 29.1 Å². The van der Waals surface area contributed by atoms with Crippen LogP contribution in [0, 0.1) is 0 Å². The summed E-state index contributed by atoms with van der Waals surface area (Å²) in [7, 11) is 1.51. The third kappa shape index (κ3) is 3.38. The molecule has 154 valence electrons.